The Bertz CT molecular complexity index is 1270. The molecule has 31 heavy (non-hydrogen) atoms. The molecule has 0 saturated carbocycles. The highest BCUT2D eigenvalue weighted by Crippen LogP contribution is 2.26. The zero-order valence-electron chi connectivity index (χ0n) is 16.8. The lowest BCUT2D eigenvalue weighted by Gasteiger charge is -2.14. The van der Waals surface area contributed by atoms with E-state index in [0.29, 0.717) is 27.9 Å². The normalized spacial score (nSPS) is 11.8. The topological polar surface area (TPSA) is 94.3 Å². The Labute approximate surface area is 176 Å². The predicted molar refractivity (Wildman–Crippen MR) is 112 cm³/mol. The molecule has 0 bridgehead atoms. The number of para-hydroxylation sites is 1. The molecule has 1 N–H and O–H groups in total. The van der Waals surface area contributed by atoms with E-state index in [9.17, 15) is 14.0 Å². The largest absolute Gasteiger partial charge is 0.449 e. The fraction of sp³-hybridized carbons (Fsp3) is 0.130. The maximum Gasteiger partial charge on any atom is 0.339 e. The van der Waals surface area contributed by atoms with E-state index in [1.54, 1.807) is 55.5 Å². The number of anilines is 1. The van der Waals surface area contributed by atoms with Crippen LogP contribution in [0.2, 0.25) is 0 Å². The highest BCUT2D eigenvalue weighted by molar-refractivity contribution is 6.05. The minimum atomic E-state index is -1.08. The Morgan fingerprint density at radius 3 is 2.55 bits per heavy atom. The molecule has 0 spiro atoms. The molecule has 0 fully saturated rings. The summed E-state index contributed by atoms with van der Waals surface area (Å²) >= 11 is 0. The van der Waals surface area contributed by atoms with Crippen LogP contribution in [0, 0.1) is 12.7 Å². The number of aromatic nitrogens is 2. The number of nitrogens with zero attached hydrogens (tertiary/aromatic N) is 2. The van der Waals surface area contributed by atoms with Crippen molar-refractivity contribution in [2.45, 2.75) is 20.0 Å². The number of rotatable bonds is 5. The van der Waals surface area contributed by atoms with E-state index >= 15 is 0 Å². The molecule has 1 unspecified atom stereocenters. The van der Waals surface area contributed by atoms with E-state index in [1.165, 1.54) is 19.1 Å². The van der Waals surface area contributed by atoms with Crippen molar-refractivity contribution in [3.8, 4) is 11.3 Å². The van der Waals surface area contributed by atoms with Crippen LogP contribution in [-0.2, 0) is 9.53 Å². The maximum absolute atomic E-state index is 13.3. The lowest BCUT2D eigenvalue weighted by atomic mass is 10.0. The van der Waals surface area contributed by atoms with Gasteiger partial charge in [0.1, 0.15) is 11.6 Å². The van der Waals surface area contributed by atoms with Gasteiger partial charge in [0.2, 0.25) is 0 Å². The van der Waals surface area contributed by atoms with Gasteiger partial charge in [-0.3, -0.25) is 4.79 Å². The summed E-state index contributed by atoms with van der Waals surface area (Å²) in [5.41, 5.74) is 1.96. The zero-order valence-corrected chi connectivity index (χ0v) is 16.8. The number of aryl methyl sites for hydroxylation is 1. The molecule has 1 amide bonds. The first-order valence-corrected chi connectivity index (χ1v) is 9.51. The third-order valence-electron chi connectivity index (χ3n) is 4.61. The number of hydrogen-bond donors (Lipinski definition) is 1. The average molecular weight is 419 g/mol. The molecule has 1 atom stereocenters. The molecule has 4 aromatic rings. The summed E-state index contributed by atoms with van der Waals surface area (Å²) in [4.78, 5) is 29.9. The fourth-order valence-electron chi connectivity index (χ4n) is 3.04. The molecule has 2 aromatic heterocycles. The van der Waals surface area contributed by atoms with Gasteiger partial charge in [-0.15, -0.1) is 0 Å². The standard InChI is InChI=1S/C23H18FN3O4/c1-13-11-21(27-31-13)26-22(28)14(2)30-23(29)18-12-20(15-7-9-16(24)10-8-15)25-19-6-4-3-5-17(18)19/h3-12,14H,1-2H3,(H,26,27,28). The highest BCUT2D eigenvalue weighted by atomic mass is 19.1. The van der Waals surface area contributed by atoms with Gasteiger partial charge in [0, 0.05) is 17.0 Å². The van der Waals surface area contributed by atoms with Crippen LogP contribution in [0.15, 0.2) is 65.2 Å². The predicted octanol–water partition coefficient (Wildman–Crippen LogP) is 4.52. The Balaban J connectivity index is 1.62. The number of carbonyl (C=O) groups excluding carboxylic acids is 2. The second-order valence-electron chi connectivity index (χ2n) is 6.94. The number of fused-ring (bicyclic) bond motifs is 1. The van der Waals surface area contributed by atoms with Gasteiger partial charge >= 0.3 is 5.97 Å². The van der Waals surface area contributed by atoms with Crippen molar-refractivity contribution in [1.29, 1.82) is 0 Å². The van der Waals surface area contributed by atoms with Crippen molar-refractivity contribution < 1.29 is 23.2 Å². The minimum absolute atomic E-state index is 0.235. The molecule has 2 heterocycles. The SMILES string of the molecule is Cc1cc(NC(=O)C(C)OC(=O)c2cc(-c3ccc(F)cc3)nc3ccccc23)no1. The molecule has 156 valence electrons. The van der Waals surface area contributed by atoms with Crippen LogP contribution in [0.3, 0.4) is 0 Å². The van der Waals surface area contributed by atoms with Crippen LogP contribution in [-0.4, -0.2) is 28.1 Å². The number of ether oxygens (including phenoxy) is 1. The summed E-state index contributed by atoms with van der Waals surface area (Å²) in [6.07, 6.45) is -1.08. The number of amides is 1. The van der Waals surface area contributed by atoms with Crippen molar-refractivity contribution in [1.82, 2.24) is 10.1 Å². The van der Waals surface area contributed by atoms with E-state index in [-0.39, 0.29) is 17.2 Å². The van der Waals surface area contributed by atoms with E-state index in [4.69, 9.17) is 9.26 Å². The van der Waals surface area contributed by atoms with Gasteiger partial charge in [0.05, 0.1) is 16.8 Å². The van der Waals surface area contributed by atoms with Gasteiger partial charge in [0.15, 0.2) is 11.9 Å². The van der Waals surface area contributed by atoms with Crippen molar-refractivity contribution in [2.24, 2.45) is 0 Å². The molecule has 8 heteroatoms. The summed E-state index contributed by atoms with van der Waals surface area (Å²) in [6, 6.07) is 16.0. The van der Waals surface area contributed by atoms with Gasteiger partial charge in [-0.05, 0) is 50.2 Å². The number of esters is 1. The second kappa shape index (κ2) is 8.35. The molecule has 7 nitrogen and oxygen atoms in total. The monoisotopic (exact) mass is 419 g/mol. The summed E-state index contributed by atoms with van der Waals surface area (Å²) in [5.74, 6) is -0.819. The van der Waals surface area contributed by atoms with Gasteiger partial charge in [-0.25, -0.2) is 14.2 Å². The summed E-state index contributed by atoms with van der Waals surface area (Å²) in [7, 11) is 0. The molecule has 4 rings (SSSR count). The molecule has 0 aliphatic carbocycles. The lowest BCUT2D eigenvalue weighted by Crippen LogP contribution is -2.30. The van der Waals surface area contributed by atoms with Crippen molar-refractivity contribution in [3.63, 3.8) is 0 Å². The molecule has 0 radical (unpaired) electrons. The number of halogens is 1. The lowest BCUT2D eigenvalue weighted by molar-refractivity contribution is -0.123. The first-order valence-electron chi connectivity index (χ1n) is 9.51. The molecule has 0 aliphatic heterocycles. The Hall–Kier alpha value is -4.07. The first kappa shape index (κ1) is 20.2. The Morgan fingerprint density at radius 1 is 1.10 bits per heavy atom. The molecule has 0 saturated heterocycles. The number of nitrogens with one attached hydrogen (secondary N) is 1. The van der Waals surface area contributed by atoms with E-state index in [2.05, 4.69) is 15.5 Å². The number of pyridine rings is 1. The van der Waals surface area contributed by atoms with Crippen molar-refractivity contribution in [2.75, 3.05) is 5.32 Å². The molecular formula is C23H18FN3O4. The van der Waals surface area contributed by atoms with Gasteiger partial charge in [0.25, 0.3) is 5.91 Å². The van der Waals surface area contributed by atoms with Crippen LogP contribution in [0.5, 0.6) is 0 Å². The van der Waals surface area contributed by atoms with Crippen LogP contribution < -0.4 is 5.32 Å². The summed E-state index contributed by atoms with van der Waals surface area (Å²) < 4.78 is 23.6. The van der Waals surface area contributed by atoms with Crippen LogP contribution in [0.4, 0.5) is 10.2 Å². The fourth-order valence-corrected chi connectivity index (χ4v) is 3.04. The maximum atomic E-state index is 13.3. The number of benzene rings is 2. The third-order valence-corrected chi connectivity index (χ3v) is 4.61. The second-order valence-corrected chi connectivity index (χ2v) is 6.94. The zero-order chi connectivity index (χ0) is 22.0. The van der Waals surface area contributed by atoms with Crippen LogP contribution >= 0.6 is 0 Å². The van der Waals surface area contributed by atoms with Crippen molar-refractivity contribution in [3.05, 3.63) is 77.8 Å². The van der Waals surface area contributed by atoms with Gasteiger partial charge in [-0.1, -0.05) is 23.4 Å². The molecular weight excluding hydrogens is 401 g/mol. The Kier molecular flexibility index (Phi) is 5.44. The number of carbonyl (C=O) groups is 2. The number of hydrogen-bond acceptors (Lipinski definition) is 6. The third kappa shape index (κ3) is 4.42. The quantitative estimate of drug-likeness (QED) is 0.478. The van der Waals surface area contributed by atoms with E-state index < -0.39 is 18.0 Å². The van der Waals surface area contributed by atoms with Gasteiger partial charge in [-0.2, -0.15) is 0 Å². The minimum Gasteiger partial charge on any atom is -0.449 e. The summed E-state index contributed by atoms with van der Waals surface area (Å²) in [5, 5.41) is 6.80. The van der Waals surface area contributed by atoms with E-state index in [0.717, 1.165) is 0 Å². The smallest absolute Gasteiger partial charge is 0.339 e. The van der Waals surface area contributed by atoms with Crippen LogP contribution in [0.1, 0.15) is 23.0 Å². The average Bonchev–Trinajstić information content (AvgIpc) is 3.17. The van der Waals surface area contributed by atoms with Crippen molar-refractivity contribution >= 4 is 28.6 Å². The molecule has 2 aromatic carbocycles. The van der Waals surface area contributed by atoms with Gasteiger partial charge < -0.3 is 14.6 Å². The first-order chi connectivity index (χ1) is 14.9. The van der Waals surface area contributed by atoms with E-state index in [1.807, 2.05) is 0 Å². The highest BCUT2D eigenvalue weighted by Gasteiger charge is 2.22. The summed E-state index contributed by atoms with van der Waals surface area (Å²) in [6.45, 7) is 3.16. The Morgan fingerprint density at radius 2 is 1.84 bits per heavy atom. The molecule has 0 aliphatic rings. The van der Waals surface area contributed by atoms with Crippen LogP contribution in [0.25, 0.3) is 22.2 Å².